The molecule has 0 aliphatic carbocycles. The molecule has 1 nitrogen and oxygen atoms in total. The normalized spacial score (nSPS) is 10.9. The van der Waals surface area contributed by atoms with E-state index in [1.807, 2.05) is 0 Å². The lowest BCUT2D eigenvalue weighted by atomic mass is 10.0. The van der Waals surface area contributed by atoms with Crippen LogP contribution in [-0.4, -0.2) is 13.0 Å². The Kier molecular flexibility index (Phi) is 4.70. The molecule has 0 unspecified atom stereocenters. The van der Waals surface area contributed by atoms with Crippen LogP contribution in [0.25, 0.3) is 6.08 Å². The van der Waals surface area contributed by atoms with E-state index in [9.17, 15) is 0 Å². The summed E-state index contributed by atoms with van der Waals surface area (Å²) in [4.78, 5) is 0. The number of benzene rings is 1. The maximum atomic E-state index is 5.62. The highest BCUT2D eigenvalue weighted by Gasteiger charge is 2.01. The van der Waals surface area contributed by atoms with Crippen LogP contribution in [0.15, 0.2) is 18.2 Å². The molecule has 0 aromatic heterocycles. The molecule has 0 fully saturated rings. The Hall–Kier alpha value is -0.950. The number of methoxy groups -OCH3 is 1. The second-order valence-corrected chi connectivity index (χ2v) is 3.94. The minimum absolute atomic E-state index is 0.671. The standard InChI is InChI=1S/C13H17ClO/c1-10-9-13(15-3)11(2)8-12(10)6-4-5-7-14/h4,6,8-9H,5,7H2,1-3H3. The molecule has 0 saturated heterocycles. The van der Waals surface area contributed by atoms with Crippen molar-refractivity contribution in [2.24, 2.45) is 0 Å². The number of rotatable bonds is 4. The van der Waals surface area contributed by atoms with Gasteiger partial charge in [-0.25, -0.2) is 0 Å². The van der Waals surface area contributed by atoms with Crippen molar-refractivity contribution < 1.29 is 4.74 Å². The highest BCUT2D eigenvalue weighted by molar-refractivity contribution is 6.17. The molecule has 1 aromatic rings. The van der Waals surface area contributed by atoms with Gasteiger partial charge in [0.25, 0.3) is 0 Å². The van der Waals surface area contributed by atoms with Crippen LogP contribution in [0.3, 0.4) is 0 Å². The third-order valence-corrected chi connectivity index (χ3v) is 2.57. The number of ether oxygens (including phenoxy) is 1. The van der Waals surface area contributed by atoms with Crippen LogP contribution in [0, 0.1) is 13.8 Å². The van der Waals surface area contributed by atoms with Gasteiger partial charge in [0.1, 0.15) is 5.75 Å². The Morgan fingerprint density at radius 3 is 2.60 bits per heavy atom. The van der Waals surface area contributed by atoms with Crippen LogP contribution >= 0.6 is 11.6 Å². The largest absolute Gasteiger partial charge is 0.496 e. The van der Waals surface area contributed by atoms with Gasteiger partial charge in [-0.1, -0.05) is 12.2 Å². The van der Waals surface area contributed by atoms with E-state index >= 15 is 0 Å². The van der Waals surface area contributed by atoms with Crippen molar-refractivity contribution in [1.29, 1.82) is 0 Å². The number of halogens is 1. The third kappa shape index (κ3) is 3.28. The average molecular weight is 225 g/mol. The molecule has 15 heavy (non-hydrogen) atoms. The van der Waals surface area contributed by atoms with E-state index in [0.29, 0.717) is 5.88 Å². The molecule has 2 heteroatoms. The molecule has 1 aromatic carbocycles. The van der Waals surface area contributed by atoms with Crippen molar-refractivity contribution in [3.8, 4) is 5.75 Å². The van der Waals surface area contributed by atoms with E-state index in [0.717, 1.165) is 17.7 Å². The van der Waals surface area contributed by atoms with Gasteiger partial charge in [-0.3, -0.25) is 0 Å². The zero-order valence-corrected chi connectivity index (χ0v) is 10.3. The first kappa shape index (κ1) is 12.1. The lowest BCUT2D eigenvalue weighted by Gasteiger charge is -2.08. The number of aryl methyl sites for hydroxylation is 2. The number of allylic oxidation sites excluding steroid dienone is 1. The molecular weight excluding hydrogens is 208 g/mol. The van der Waals surface area contributed by atoms with Gasteiger partial charge in [0, 0.05) is 5.88 Å². The van der Waals surface area contributed by atoms with E-state index in [4.69, 9.17) is 16.3 Å². The molecule has 1 rings (SSSR count). The van der Waals surface area contributed by atoms with Crippen molar-refractivity contribution in [2.45, 2.75) is 20.3 Å². The number of hydrogen-bond donors (Lipinski definition) is 0. The van der Waals surface area contributed by atoms with Gasteiger partial charge >= 0.3 is 0 Å². The van der Waals surface area contributed by atoms with E-state index in [1.54, 1.807) is 7.11 Å². The van der Waals surface area contributed by atoms with Crippen LogP contribution in [0.2, 0.25) is 0 Å². The summed E-state index contributed by atoms with van der Waals surface area (Å²) in [6, 6.07) is 4.20. The van der Waals surface area contributed by atoms with Gasteiger partial charge in [-0.2, -0.15) is 0 Å². The SMILES string of the molecule is COc1cc(C)c(C=CCCCl)cc1C. The van der Waals surface area contributed by atoms with Crippen molar-refractivity contribution in [3.63, 3.8) is 0 Å². The van der Waals surface area contributed by atoms with E-state index in [2.05, 4.69) is 38.1 Å². The molecule has 0 aliphatic heterocycles. The van der Waals surface area contributed by atoms with E-state index in [-0.39, 0.29) is 0 Å². The number of hydrogen-bond acceptors (Lipinski definition) is 1. The Balaban J connectivity index is 2.95. The van der Waals surface area contributed by atoms with Gasteiger partial charge in [0.15, 0.2) is 0 Å². The third-order valence-electron chi connectivity index (χ3n) is 2.36. The minimum atomic E-state index is 0.671. The zero-order valence-electron chi connectivity index (χ0n) is 9.51. The molecule has 0 atom stereocenters. The molecule has 0 radical (unpaired) electrons. The Morgan fingerprint density at radius 2 is 2.00 bits per heavy atom. The van der Waals surface area contributed by atoms with Crippen LogP contribution < -0.4 is 4.74 Å². The average Bonchev–Trinajstić information content (AvgIpc) is 2.23. The van der Waals surface area contributed by atoms with Crippen molar-refractivity contribution in [1.82, 2.24) is 0 Å². The Morgan fingerprint density at radius 1 is 1.27 bits per heavy atom. The van der Waals surface area contributed by atoms with E-state index < -0.39 is 0 Å². The zero-order chi connectivity index (χ0) is 11.3. The number of alkyl halides is 1. The van der Waals surface area contributed by atoms with Crippen LogP contribution in [0.1, 0.15) is 23.1 Å². The molecule has 0 heterocycles. The topological polar surface area (TPSA) is 9.23 Å². The lowest BCUT2D eigenvalue weighted by molar-refractivity contribution is 0.411. The summed E-state index contributed by atoms with van der Waals surface area (Å²) in [5, 5.41) is 0. The summed E-state index contributed by atoms with van der Waals surface area (Å²) >= 11 is 5.62. The first-order chi connectivity index (χ1) is 7.19. The van der Waals surface area contributed by atoms with Crippen molar-refractivity contribution in [3.05, 3.63) is 34.9 Å². The second kappa shape index (κ2) is 5.82. The maximum Gasteiger partial charge on any atom is 0.122 e. The molecule has 0 bridgehead atoms. The minimum Gasteiger partial charge on any atom is -0.496 e. The summed E-state index contributed by atoms with van der Waals surface area (Å²) in [7, 11) is 1.70. The summed E-state index contributed by atoms with van der Waals surface area (Å²) < 4.78 is 5.26. The molecule has 0 saturated carbocycles. The molecule has 0 amide bonds. The summed E-state index contributed by atoms with van der Waals surface area (Å²) in [5.41, 5.74) is 3.62. The van der Waals surface area contributed by atoms with Crippen LogP contribution in [-0.2, 0) is 0 Å². The monoisotopic (exact) mass is 224 g/mol. The van der Waals surface area contributed by atoms with E-state index in [1.165, 1.54) is 11.1 Å². The fourth-order valence-electron chi connectivity index (χ4n) is 1.48. The first-order valence-electron chi connectivity index (χ1n) is 5.06. The maximum absolute atomic E-state index is 5.62. The Labute approximate surface area is 96.7 Å². The van der Waals surface area contributed by atoms with Crippen LogP contribution in [0.5, 0.6) is 5.75 Å². The van der Waals surface area contributed by atoms with Gasteiger partial charge in [-0.05, 0) is 49.1 Å². The molecule has 0 spiro atoms. The smallest absolute Gasteiger partial charge is 0.122 e. The van der Waals surface area contributed by atoms with Crippen molar-refractivity contribution in [2.75, 3.05) is 13.0 Å². The summed E-state index contributed by atoms with van der Waals surface area (Å²) in [6.45, 7) is 4.14. The van der Waals surface area contributed by atoms with Gasteiger partial charge < -0.3 is 4.74 Å². The van der Waals surface area contributed by atoms with Gasteiger partial charge in [0.2, 0.25) is 0 Å². The molecule has 0 N–H and O–H groups in total. The highest BCUT2D eigenvalue weighted by Crippen LogP contribution is 2.23. The summed E-state index contributed by atoms with van der Waals surface area (Å²) in [5.74, 6) is 1.62. The van der Waals surface area contributed by atoms with Gasteiger partial charge in [-0.15, -0.1) is 11.6 Å². The Bertz CT molecular complexity index is 356. The molecular formula is C13H17ClO. The highest BCUT2D eigenvalue weighted by atomic mass is 35.5. The first-order valence-corrected chi connectivity index (χ1v) is 5.60. The van der Waals surface area contributed by atoms with Crippen LogP contribution in [0.4, 0.5) is 0 Å². The van der Waals surface area contributed by atoms with Crippen molar-refractivity contribution >= 4 is 17.7 Å². The fraction of sp³-hybridized carbons (Fsp3) is 0.385. The lowest BCUT2D eigenvalue weighted by Crippen LogP contribution is -1.90. The molecule has 0 aliphatic rings. The molecule has 82 valence electrons. The predicted octanol–water partition coefficient (Wildman–Crippen LogP) is 3.95. The summed E-state index contributed by atoms with van der Waals surface area (Å²) in [6.07, 6.45) is 5.12. The quantitative estimate of drug-likeness (QED) is 0.704. The predicted molar refractivity (Wildman–Crippen MR) is 66.8 cm³/mol. The fourth-order valence-corrected chi connectivity index (χ4v) is 1.61. The van der Waals surface area contributed by atoms with Gasteiger partial charge in [0.05, 0.1) is 7.11 Å². The second-order valence-electron chi connectivity index (χ2n) is 3.56.